The lowest BCUT2D eigenvalue weighted by Gasteiger charge is -2.33. The molecule has 2 aromatic heterocycles. The van der Waals surface area contributed by atoms with Crippen LogP contribution in [0.3, 0.4) is 0 Å². The van der Waals surface area contributed by atoms with Crippen LogP contribution in [-0.4, -0.2) is 46.5 Å². The molecule has 0 aliphatic heterocycles. The maximum Gasteiger partial charge on any atom is 0.293 e. The van der Waals surface area contributed by atoms with Crippen LogP contribution in [-0.2, 0) is 10.0 Å². The quantitative estimate of drug-likeness (QED) is 0.161. The van der Waals surface area contributed by atoms with Gasteiger partial charge in [0.25, 0.3) is 21.6 Å². The number of ether oxygens (including phenoxy) is 1. The summed E-state index contributed by atoms with van der Waals surface area (Å²) in [4.78, 5) is 31.0. The first kappa shape index (κ1) is 28.1. The molecule has 41 heavy (non-hydrogen) atoms. The number of hydrogen-bond acceptors (Lipinski definition) is 9. The van der Waals surface area contributed by atoms with Gasteiger partial charge in [0.2, 0.25) is 0 Å². The molecule has 13 heteroatoms. The van der Waals surface area contributed by atoms with Crippen molar-refractivity contribution >= 4 is 38.3 Å². The van der Waals surface area contributed by atoms with Gasteiger partial charge >= 0.3 is 0 Å². The minimum absolute atomic E-state index is 0.0514. The number of nitro benzene ring substituents is 1. The van der Waals surface area contributed by atoms with Gasteiger partial charge in [0.15, 0.2) is 0 Å². The van der Waals surface area contributed by atoms with E-state index in [0.29, 0.717) is 30.8 Å². The number of benzene rings is 2. The van der Waals surface area contributed by atoms with Crippen molar-refractivity contribution in [1.82, 2.24) is 14.7 Å². The molecule has 12 nitrogen and oxygen atoms in total. The number of anilines is 1. The maximum atomic E-state index is 13.1. The third-order valence-corrected chi connectivity index (χ3v) is 8.53. The van der Waals surface area contributed by atoms with Crippen LogP contribution in [0.5, 0.6) is 11.5 Å². The molecule has 1 saturated carbocycles. The van der Waals surface area contributed by atoms with E-state index in [9.17, 15) is 28.4 Å². The van der Waals surface area contributed by atoms with E-state index < -0.39 is 37.0 Å². The number of nitrogens with one attached hydrogen (secondary N) is 3. The topological polar surface area (TPSA) is 177 Å². The molecule has 0 unspecified atom stereocenters. The molecule has 1 amide bonds. The Morgan fingerprint density at radius 1 is 1.20 bits per heavy atom. The fourth-order valence-electron chi connectivity index (χ4n) is 4.82. The average molecular weight is 580 g/mol. The van der Waals surface area contributed by atoms with Gasteiger partial charge < -0.3 is 20.1 Å². The fraction of sp³-hybridized carbons (Fsp3) is 0.286. The normalized spacial score (nSPS) is 19.0. The molecule has 4 N–H and O–H groups in total. The largest absolute Gasteiger partial charge is 0.455 e. The van der Waals surface area contributed by atoms with Gasteiger partial charge in [0.1, 0.15) is 22.8 Å². The van der Waals surface area contributed by atoms with Crippen LogP contribution >= 0.6 is 0 Å². The number of carbonyl (C=O) groups is 1. The molecule has 1 aliphatic rings. The highest BCUT2D eigenvalue weighted by Gasteiger charge is 2.29. The Kier molecular flexibility index (Phi) is 7.65. The van der Waals surface area contributed by atoms with E-state index in [4.69, 9.17) is 4.74 Å². The standard InChI is InChI=1S/C28H29N5O7S/c1-28(35)11-8-18(9-12-28)16-30-23-7-6-21(15-24(23)33(36)37)41(38,39)32-27(34)22-4-2-3-5-25(22)40-20-14-19-10-13-29-26(19)31-17-20/h2-7,10,13-15,17-18,30,35H,8-9,11-12,16H2,1H3,(H,29,31)(H,32,34). The molecule has 5 rings (SSSR count). The lowest BCUT2D eigenvalue weighted by atomic mass is 9.80. The molecule has 0 bridgehead atoms. The minimum atomic E-state index is -4.47. The van der Waals surface area contributed by atoms with E-state index in [-0.39, 0.29) is 22.9 Å². The van der Waals surface area contributed by atoms with Crippen molar-refractivity contribution in [3.05, 3.63) is 82.7 Å². The number of aromatic nitrogens is 2. The lowest BCUT2D eigenvalue weighted by molar-refractivity contribution is -0.384. The Morgan fingerprint density at radius 2 is 1.95 bits per heavy atom. The first-order valence-electron chi connectivity index (χ1n) is 13.0. The van der Waals surface area contributed by atoms with Crippen molar-refractivity contribution in [3.8, 4) is 11.5 Å². The van der Waals surface area contributed by atoms with Crippen molar-refractivity contribution in [1.29, 1.82) is 0 Å². The SMILES string of the molecule is CC1(O)CCC(CNc2ccc(S(=O)(=O)NC(=O)c3ccccc3Oc3cnc4[nH]ccc4c3)cc2[N+](=O)[O-])CC1. The second-order valence-electron chi connectivity index (χ2n) is 10.4. The van der Waals surface area contributed by atoms with E-state index >= 15 is 0 Å². The number of hydrogen-bond donors (Lipinski definition) is 4. The second kappa shape index (κ2) is 11.2. The van der Waals surface area contributed by atoms with Gasteiger partial charge in [-0.05, 0) is 74.9 Å². The highest BCUT2D eigenvalue weighted by atomic mass is 32.2. The minimum Gasteiger partial charge on any atom is -0.455 e. The van der Waals surface area contributed by atoms with Gasteiger partial charge in [-0.2, -0.15) is 0 Å². The number of para-hydroxylation sites is 1. The maximum absolute atomic E-state index is 13.1. The molecule has 0 atom stereocenters. The van der Waals surface area contributed by atoms with Crippen molar-refractivity contribution in [3.63, 3.8) is 0 Å². The van der Waals surface area contributed by atoms with Crippen molar-refractivity contribution in [2.45, 2.75) is 43.1 Å². The number of pyridine rings is 1. The number of H-pyrrole nitrogens is 1. The predicted molar refractivity (Wildman–Crippen MR) is 151 cm³/mol. The smallest absolute Gasteiger partial charge is 0.293 e. The molecule has 0 radical (unpaired) electrons. The molecular weight excluding hydrogens is 550 g/mol. The summed E-state index contributed by atoms with van der Waals surface area (Å²) >= 11 is 0. The molecule has 0 saturated heterocycles. The zero-order valence-electron chi connectivity index (χ0n) is 22.2. The van der Waals surface area contributed by atoms with E-state index in [1.807, 2.05) is 10.8 Å². The summed E-state index contributed by atoms with van der Waals surface area (Å²) in [5.74, 6) is -0.293. The summed E-state index contributed by atoms with van der Waals surface area (Å²) in [5, 5.41) is 25.8. The van der Waals surface area contributed by atoms with Gasteiger partial charge in [-0.15, -0.1) is 0 Å². The highest BCUT2D eigenvalue weighted by Crippen LogP contribution is 2.33. The number of amides is 1. The molecule has 2 heterocycles. The molecule has 214 valence electrons. The number of carbonyl (C=O) groups excluding carboxylic acids is 1. The van der Waals surface area contributed by atoms with Crippen LogP contribution in [0.2, 0.25) is 0 Å². The van der Waals surface area contributed by atoms with Crippen molar-refractivity contribution < 1.29 is 28.0 Å². The van der Waals surface area contributed by atoms with E-state index in [1.165, 1.54) is 30.5 Å². The third-order valence-electron chi connectivity index (χ3n) is 7.20. The number of nitrogens with zero attached hydrogens (tertiary/aromatic N) is 2. The Balaban J connectivity index is 1.31. The number of aromatic amines is 1. The summed E-state index contributed by atoms with van der Waals surface area (Å²) < 4.78 is 34.0. The van der Waals surface area contributed by atoms with Crippen LogP contribution in [0.15, 0.2) is 71.9 Å². The predicted octanol–water partition coefficient (Wildman–Crippen LogP) is 4.74. The molecule has 1 aliphatic carbocycles. The Bertz CT molecular complexity index is 1710. The molecule has 4 aromatic rings. The third kappa shape index (κ3) is 6.47. The van der Waals surface area contributed by atoms with Gasteiger partial charge in [-0.3, -0.25) is 14.9 Å². The summed E-state index contributed by atoms with van der Waals surface area (Å²) in [5.41, 5.74) is -0.342. The Hall–Kier alpha value is -4.49. The number of fused-ring (bicyclic) bond motifs is 1. The highest BCUT2D eigenvalue weighted by molar-refractivity contribution is 7.90. The van der Waals surface area contributed by atoms with E-state index in [0.717, 1.165) is 24.3 Å². The van der Waals surface area contributed by atoms with E-state index in [1.54, 1.807) is 31.3 Å². The summed E-state index contributed by atoms with van der Waals surface area (Å²) in [6.07, 6.45) is 6.03. The Morgan fingerprint density at radius 3 is 2.71 bits per heavy atom. The van der Waals surface area contributed by atoms with Gasteiger partial charge in [-0.25, -0.2) is 18.1 Å². The van der Waals surface area contributed by atoms with Crippen LogP contribution in [0.1, 0.15) is 43.0 Å². The number of aliphatic hydroxyl groups is 1. The lowest BCUT2D eigenvalue weighted by Crippen LogP contribution is -2.32. The number of nitro groups is 1. The monoisotopic (exact) mass is 579 g/mol. The summed E-state index contributed by atoms with van der Waals surface area (Å²) in [6.45, 7) is 2.25. The average Bonchev–Trinajstić information content (AvgIpc) is 3.40. The fourth-order valence-corrected chi connectivity index (χ4v) is 5.80. The number of rotatable bonds is 9. The van der Waals surface area contributed by atoms with Crippen molar-refractivity contribution in [2.75, 3.05) is 11.9 Å². The Labute approximate surface area is 236 Å². The molecular formula is C28H29N5O7S. The zero-order valence-corrected chi connectivity index (χ0v) is 23.0. The molecule has 0 spiro atoms. The van der Waals surface area contributed by atoms with Crippen LogP contribution in [0, 0.1) is 16.0 Å². The zero-order chi connectivity index (χ0) is 29.2. The molecule has 1 fully saturated rings. The molecule has 2 aromatic carbocycles. The first-order valence-corrected chi connectivity index (χ1v) is 14.5. The van der Waals surface area contributed by atoms with Crippen molar-refractivity contribution in [2.24, 2.45) is 5.92 Å². The summed E-state index contributed by atoms with van der Waals surface area (Å²) in [7, 11) is -4.47. The first-order chi connectivity index (χ1) is 19.5. The van der Waals surface area contributed by atoms with Crippen LogP contribution < -0.4 is 14.8 Å². The van der Waals surface area contributed by atoms with Gasteiger partial charge in [0.05, 0.1) is 27.2 Å². The van der Waals surface area contributed by atoms with E-state index in [2.05, 4.69) is 15.3 Å². The van der Waals surface area contributed by atoms with Gasteiger partial charge in [-0.1, -0.05) is 12.1 Å². The number of sulfonamides is 1. The second-order valence-corrected chi connectivity index (χ2v) is 12.1. The summed E-state index contributed by atoms with van der Waals surface area (Å²) in [6, 6.07) is 13.1. The van der Waals surface area contributed by atoms with Crippen LogP contribution in [0.25, 0.3) is 11.0 Å². The van der Waals surface area contributed by atoms with Crippen LogP contribution in [0.4, 0.5) is 11.4 Å². The van der Waals surface area contributed by atoms with Gasteiger partial charge in [0, 0.05) is 24.2 Å².